The molecule has 0 radical (unpaired) electrons. The second-order valence-corrected chi connectivity index (χ2v) is 9.03. The van der Waals surface area contributed by atoms with E-state index in [9.17, 15) is 8.42 Å². The van der Waals surface area contributed by atoms with E-state index in [0.29, 0.717) is 24.7 Å². The molecule has 1 atom stereocenters. The van der Waals surface area contributed by atoms with Gasteiger partial charge in [-0.05, 0) is 42.3 Å². The number of furan rings is 1. The summed E-state index contributed by atoms with van der Waals surface area (Å²) in [5.74, 6) is 1.72. The third kappa shape index (κ3) is 3.53. The lowest BCUT2D eigenvalue weighted by Gasteiger charge is -2.29. The van der Waals surface area contributed by atoms with Crippen LogP contribution in [0.3, 0.4) is 0 Å². The molecule has 7 nitrogen and oxygen atoms in total. The molecule has 1 N–H and O–H groups in total. The van der Waals surface area contributed by atoms with Crippen molar-refractivity contribution in [1.82, 2.24) is 4.72 Å². The van der Waals surface area contributed by atoms with Crippen molar-refractivity contribution >= 4 is 15.7 Å². The van der Waals surface area contributed by atoms with E-state index in [-0.39, 0.29) is 17.5 Å². The van der Waals surface area contributed by atoms with Gasteiger partial charge in [0.2, 0.25) is 10.0 Å². The van der Waals surface area contributed by atoms with Crippen molar-refractivity contribution in [1.29, 1.82) is 0 Å². The van der Waals surface area contributed by atoms with Crippen molar-refractivity contribution in [3.05, 3.63) is 72.2 Å². The number of sulfonamides is 1. The highest BCUT2D eigenvalue weighted by Gasteiger charge is 2.30. The van der Waals surface area contributed by atoms with E-state index in [1.165, 1.54) is 17.7 Å². The molecule has 156 valence electrons. The van der Waals surface area contributed by atoms with Crippen LogP contribution in [0.5, 0.6) is 11.5 Å². The molecule has 0 fully saturated rings. The van der Waals surface area contributed by atoms with E-state index in [0.717, 1.165) is 24.4 Å². The molecule has 8 heteroatoms. The number of fused-ring (bicyclic) bond motifs is 2. The van der Waals surface area contributed by atoms with Gasteiger partial charge in [0.25, 0.3) is 0 Å². The average Bonchev–Trinajstić information content (AvgIpc) is 3.45. The first-order valence-electron chi connectivity index (χ1n) is 9.89. The Balaban J connectivity index is 1.40. The monoisotopic (exact) mass is 426 g/mol. The Hall–Kier alpha value is -2.97. The Morgan fingerprint density at radius 3 is 2.67 bits per heavy atom. The van der Waals surface area contributed by atoms with Crippen molar-refractivity contribution < 1.29 is 22.3 Å². The molecule has 3 aromatic rings. The zero-order valence-corrected chi connectivity index (χ0v) is 17.1. The van der Waals surface area contributed by atoms with Crippen molar-refractivity contribution in [3.8, 4) is 11.5 Å². The molecule has 0 saturated heterocycles. The van der Waals surface area contributed by atoms with Crippen LogP contribution in [-0.2, 0) is 16.4 Å². The highest BCUT2D eigenvalue weighted by Crippen LogP contribution is 2.36. The number of hydrogen-bond acceptors (Lipinski definition) is 6. The molecule has 0 saturated carbocycles. The van der Waals surface area contributed by atoms with Crippen molar-refractivity contribution in [3.63, 3.8) is 0 Å². The van der Waals surface area contributed by atoms with Gasteiger partial charge in [-0.15, -0.1) is 0 Å². The number of benzene rings is 2. The van der Waals surface area contributed by atoms with Crippen LogP contribution in [0.4, 0.5) is 5.69 Å². The van der Waals surface area contributed by atoms with E-state index in [1.807, 2.05) is 24.3 Å². The number of nitrogens with zero attached hydrogens (tertiary/aromatic N) is 1. The zero-order valence-electron chi connectivity index (χ0n) is 16.3. The Kier molecular flexibility index (Phi) is 4.88. The molecule has 0 unspecified atom stereocenters. The summed E-state index contributed by atoms with van der Waals surface area (Å²) in [6, 6.07) is 16.3. The van der Waals surface area contributed by atoms with Crippen molar-refractivity contribution in [2.45, 2.75) is 17.4 Å². The van der Waals surface area contributed by atoms with E-state index >= 15 is 0 Å². The third-order valence-corrected chi connectivity index (χ3v) is 6.88. The number of ether oxygens (including phenoxy) is 2. The smallest absolute Gasteiger partial charge is 0.240 e. The topological polar surface area (TPSA) is 81.0 Å². The van der Waals surface area contributed by atoms with Gasteiger partial charge < -0.3 is 18.8 Å². The lowest BCUT2D eigenvalue weighted by Crippen LogP contribution is -2.37. The SMILES string of the molecule is O=S(=O)(NC[C@@H](c1ccco1)N1CCc2ccccc21)c1ccc2c(c1)OCCO2. The van der Waals surface area contributed by atoms with Crippen LogP contribution >= 0.6 is 0 Å². The molecule has 2 aliphatic heterocycles. The van der Waals surface area contributed by atoms with Gasteiger partial charge in [0.1, 0.15) is 25.0 Å². The standard InChI is InChI=1S/C22H22N2O5S/c25-30(26,17-7-8-21-22(14-17)29-13-12-28-21)23-15-19(20-6-3-11-27-20)24-10-9-16-4-1-2-5-18(16)24/h1-8,11,14,19,23H,9-10,12-13,15H2/t19-/m0/s1. The summed E-state index contributed by atoms with van der Waals surface area (Å²) in [4.78, 5) is 2.34. The van der Waals surface area contributed by atoms with Crippen LogP contribution in [0.25, 0.3) is 0 Å². The van der Waals surface area contributed by atoms with Gasteiger partial charge in [-0.25, -0.2) is 13.1 Å². The third-order valence-electron chi connectivity index (χ3n) is 5.46. The summed E-state index contributed by atoms with van der Waals surface area (Å²) in [7, 11) is -3.74. The molecular weight excluding hydrogens is 404 g/mol. The van der Waals surface area contributed by atoms with Gasteiger partial charge in [0, 0.05) is 24.8 Å². The fourth-order valence-corrected chi connectivity index (χ4v) is 5.05. The van der Waals surface area contributed by atoms with Crippen LogP contribution in [0.15, 0.2) is 70.2 Å². The summed E-state index contributed by atoms with van der Waals surface area (Å²) in [6.45, 7) is 1.84. The zero-order chi connectivity index (χ0) is 20.6. The van der Waals surface area contributed by atoms with Gasteiger partial charge >= 0.3 is 0 Å². The molecule has 2 aromatic carbocycles. The number of hydrogen-bond donors (Lipinski definition) is 1. The second-order valence-electron chi connectivity index (χ2n) is 7.26. The number of anilines is 1. The quantitative estimate of drug-likeness (QED) is 0.652. The summed E-state index contributed by atoms with van der Waals surface area (Å²) >= 11 is 0. The normalized spacial score (nSPS) is 16.3. The number of rotatable bonds is 6. The van der Waals surface area contributed by atoms with Crippen LogP contribution in [-0.4, -0.2) is 34.7 Å². The van der Waals surface area contributed by atoms with Crippen LogP contribution in [0.2, 0.25) is 0 Å². The predicted octanol–water partition coefficient (Wildman–Crippen LogP) is 3.13. The van der Waals surface area contributed by atoms with Crippen molar-refractivity contribution in [2.24, 2.45) is 0 Å². The lowest BCUT2D eigenvalue weighted by atomic mass is 10.1. The maximum absolute atomic E-state index is 13.0. The Labute approximate surface area is 175 Å². The first-order valence-corrected chi connectivity index (χ1v) is 11.4. The molecule has 2 aliphatic rings. The predicted molar refractivity (Wildman–Crippen MR) is 112 cm³/mol. The lowest BCUT2D eigenvalue weighted by molar-refractivity contribution is 0.171. The highest BCUT2D eigenvalue weighted by atomic mass is 32.2. The first-order chi connectivity index (χ1) is 14.6. The Morgan fingerprint density at radius 1 is 1.00 bits per heavy atom. The Morgan fingerprint density at radius 2 is 1.83 bits per heavy atom. The molecule has 3 heterocycles. The van der Waals surface area contributed by atoms with E-state index in [1.54, 1.807) is 12.3 Å². The molecule has 5 rings (SSSR count). The van der Waals surface area contributed by atoms with Gasteiger partial charge in [-0.2, -0.15) is 0 Å². The number of nitrogens with one attached hydrogen (secondary N) is 1. The fourth-order valence-electron chi connectivity index (χ4n) is 4.00. The van der Waals surface area contributed by atoms with Gasteiger partial charge in [-0.1, -0.05) is 18.2 Å². The molecule has 0 spiro atoms. The average molecular weight is 426 g/mol. The number of para-hydroxylation sites is 1. The van der Waals surface area contributed by atoms with Crippen LogP contribution in [0.1, 0.15) is 17.4 Å². The minimum absolute atomic E-state index is 0.145. The van der Waals surface area contributed by atoms with Gasteiger partial charge in [-0.3, -0.25) is 0 Å². The summed E-state index contributed by atoms with van der Waals surface area (Å²) < 4.78 is 45.4. The van der Waals surface area contributed by atoms with E-state index < -0.39 is 10.0 Å². The minimum atomic E-state index is -3.74. The van der Waals surface area contributed by atoms with Crippen molar-refractivity contribution in [2.75, 3.05) is 31.2 Å². The summed E-state index contributed by atoms with van der Waals surface area (Å²) in [6.07, 6.45) is 2.53. The van der Waals surface area contributed by atoms with E-state index in [4.69, 9.17) is 13.9 Å². The molecule has 0 amide bonds. The maximum atomic E-state index is 13.0. The van der Waals surface area contributed by atoms with Crippen LogP contribution in [0, 0.1) is 0 Å². The van der Waals surface area contributed by atoms with Crippen LogP contribution < -0.4 is 19.1 Å². The van der Waals surface area contributed by atoms with E-state index in [2.05, 4.69) is 21.8 Å². The molecule has 0 aliphatic carbocycles. The molecular formula is C22H22N2O5S. The second kappa shape index (κ2) is 7.70. The largest absolute Gasteiger partial charge is 0.486 e. The van der Waals surface area contributed by atoms with Gasteiger partial charge in [0.05, 0.1) is 11.2 Å². The first kappa shape index (κ1) is 19.0. The molecule has 0 bridgehead atoms. The maximum Gasteiger partial charge on any atom is 0.240 e. The summed E-state index contributed by atoms with van der Waals surface area (Å²) in [5.41, 5.74) is 2.36. The summed E-state index contributed by atoms with van der Waals surface area (Å²) in [5, 5.41) is 0. The molecule has 1 aromatic heterocycles. The van der Waals surface area contributed by atoms with Gasteiger partial charge in [0.15, 0.2) is 11.5 Å². The highest BCUT2D eigenvalue weighted by molar-refractivity contribution is 7.89. The minimum Gasteiger partial charge on any atom is -0.486 e. The Bertz CT molecular complexity index is 1140. The fraction of sp³-hybridized carbons (Fsp3) is 0.273. The molecule has 30 heavy (non-hydrogen) atoms.